The minimum Gasteiger partial charge on any atom is -0.316 e. The molecule has 1 heterocycles. The van der Waals surface area contributed by atoms with E-state index in [9.17, 15) is 0 Å². The first-order valence-electron chi connectivity index (χ1n) is 6.29. The Kier molecular flexibility index (Phi) is 4.60. The smallest absolute Gasteiger partial charge is 0.0231 e. The third kappa shape index (κ3) is 3.80. The highest BCUT2D eigenvalue weighted by Crippen LogP contribution is 2.18. The number of hydrogen-bond acceptors (Lipinski definition) is 2. The van der Waals surface area contributed by atoms with Gasteiger partial charge < -0.3 is 10.2 Å². The Hall–Kier alpha value is -0.380. The number of nitrogens with one attached hydrogen (secondary N) is 1. The molecule has 2 rings (SSSR count). The van der Waals surface area contributed by atoms with Gasteiger partial charge in [-0.05, 0) is 49.7 Å². The third-order valence-corrected chi connectivity index (χ3v) is 4.06. The first-order chi connectivity index (χ1) is 8.15. The van der Waals surface area contributed by atoms with Crippen LogP contribution in [0.25, 0.3) is 0 Å². The summed E-state index contributed by atoms with van der Waals surface area (Å²) in [5, 5.41) is 3.47. The van der Waals surface area contributed by atoms with Gasteiger partial charge in [-0.3, -0.25) is 0 Å². The van der Waals surface area contributed by atoms with Crippen molar-refractivity contribution in [3.05, 3.63) is 34.3 Å². The highest BCUT2D eigenvalue weighted by atomic mass is 79.9. The van der Waals surface area contributed by atoms with Gasteiger partial charge in [0.1, 0.15) is 0 Å². The van der Waals surface area contributed by atoms with Gasteiger partial charge in [0.05, 0.1) is 0 Å². The zero-order valence-corrected chi connectivity index (χ0v) is 12.2. The summed E-state index contributed by atoms with van der Waals surface area (Å²) >= 11 is 3.52. The lowest BCUT2D eigenvalue weighted by atomic mass is 9.97. The maximum atomic E-state index is 3.52. The van der Waals surface area contributed by atoms with Crippen molar-refractivity contribution in [2.75, 3.05) is 26.7 Å². The lowest BCUT2D eigenvalue weighted by Gasteiger charge is -2.23. The fraction of sp³-hybridized carbons (Fsp3) is 0.571. The molecule has 0 spiro atoms. The zero-order valence-electron chi connectivity index (χ0n) is 10.6. The van der Waals surface area contributed by atoms with Crippen LogP contribution in [0, 0.1) is 11.8 Å². The molecule has 0 radical (unpaired) electrons. The molecule has 1 fully saturated rings. The van der Waals surface area contributed by atoms with Crippen LogP contribution in [0.2, 0.25) is 0 Å². The maximum Gasteiger partial charge on any atom is 0.0231 e. The van der Waals surface area contributed by atoms with Crippen LogP contribution < -0.4 is 5.32 Å². The number of rotatable bonds is 4. The molecule has 94 valence electrons. The number of nitrogens with zero attached hydrogens (tertiary/aromatic N) is 1. The molecule has 1 aromatic carbocycles. The van der Waals surface area contributed by atoms with Crippen molar-refractivity contribution in [1.82, 2.24) is 10.2 Å². The summed E-state index contributed by atoms with van der Waals surface area (Å²) < 4.78 is 1.17. The van der Waals surface area contributed by atoms with Gasteiger partial charge in [-0.1, -0.05) is 35.0 Å². The Labute approximate surface area is 113 Å². The summed E-state index contributed by atoms with van der Waals surface area (Å²) in [4.78, 5) is 2.43. The Morgan fingerprint density at radius 2 is 2.24 bits per heavy atom. The van der Waals surface area contributed by atoms with Gasteiger partial charge in [0, 0.05) is 17.6 Å². The molecule has 2 atom stereocenters. The maximum absolute atomic E-state index is 3.52. The second kappa shape index (κ2) is 5.98. The Balaban J connectivity index is 1.86. The van der Waals surface area contributed by atoms with Crippen molar-refractivity contribution in [2.45, 2.75) is 13.5 Å². The van der Waals surface area contributed by atoms with Crippen LogP contribution in [0.5, 0.6) is 0 Å². The van der Waals surface area contributed by atoms with Gasteiger partial charge >= 0.3 is 0 Å². The average molecular weight is 297 g/mol. The van der Waals surface area contributed by atoms with E-state index >= 15 is 0 Å². The standard InChI is InChI=1S/C14H21BrN2/c1-11-7-16-8-13(11)10-17(2)9-12-4-3-5-14(15)6-12/h3-6,11,13,16H,7-10H2,1-2H3. The van der Waals surface area contributed by atoms with E-state index < -0.39 is 0 Å². The highest BCUT2D eigenvalue weighted by Gasteiger charge is 2.23. The number of hydrogen-bond donors (Lipinski definition) is 1. The van der Waals surface area contributed by atoms with Gasteiger partial charge in [0.2, 0.25) is 0 Å². The van der Waals surface area contributed by atoms with E-state index in [0.717, 1.165) is 18.4 Å². The van der Waals surface area contributed by atoms with E-state index in [1.807, 2.05) is 0 Å². The third-order valence-electron chi connectivity index (χ3n) is 3.57. The fourth-order valence-electron chi connectivity index (χ4n) is 2.52. The molecule has 2 nitrogen and oxygen atoms in total. The van der Waals surface area contributed by atoms with Crippen molar-refractivity contribution in [3.63, 3.8) is 0 Å². The molecule has 0 aliphatic carbocycles. The van der Waals surface area contributed by atoms with Crippen LogP contribution in [0.3, 0.4) is 0 Å². The summed E-state index contributed by atoms with van der Waals surface area (Å²) in [6.45, 7) is 6.90. The van der Waals surface area contributed by atoms with Crippen LogP contribution in [0.15, 0.2) is 28.7 Å². The van der Waals surface area contributed by atoms with Gasteiger partial charge in [0.15, 0.2) is 0 Å². The second-order valence-corrected chi connectivity index (χ2v) is 6.14. The molecule has 17 heavy (non-hydrogen) atoms. The quantitative estimate of drug-likeness (QED) is 0.919. The molecule has 3 heteroatoms. The molecule has 1 N–H and O–H groups in total. The normalized spacial score (nSPS) is 24.5. The first-order valence-corrected chi connectivity index (χ1v) is 7.08. The Bertz CT molecular complexity index is 367. The minimum atomic E-state index is 0.798. The minimum absolute atomic E-state index is 0.798. The molecule has 1 aliphatic heterocycles. The Morgan fingerprint density at radius 1 is 1.41 bits per heavy atom. The van der Waals surface area contributed by atoms with Gasteiger partial charge in [0.25, 0.3) is 0 Å². The molecule has 0 amide bonds. The molecule has 0 bridgehead atoms. The van der Waals surface area contributed by atoms with Crippen LogP contribution in [0.4, 0.5) is 0 Å². The van der Waals surface area contributed by atoms with Crippen LogP contribution in [0.1, 0.15) is 12.5 Å². The molecular formula is C14H21BrN2. The summed E-state index contributed by atoms with van der Waals surface area (Å²) in [5.41, 5.74) is 1.38. The largest absolute Gasteiger partial charge is 0.316 e. The van der Waals surface area contributed by atoms with E-state index in [1.54, 1.807) is 0 Å². The van der Waals surface area contributed by atoms with Crippen LogP contribution in [-0.4, -0.2) is 31.6 Å². The predicted molar refractivity (Wildman–Crippen MR) is 76.0 cm³/mol. The molecule has 1 aliphatic rings. The van der Waals surface area contributed by atoms with E-state index in [2.05, 4.69) is 64.4 Å². The van der Waals surface area contributed by atoms with E-state index in [1.165, 1.54) is 29.7 Å². The van der Waals surface area contributed by atoms with E-state index in [-0.39, 0.29) is 0 Å². The van der Waals surface area contributed by atoms with Crippen molar-refractivity contribution in [2.24, 2.45) is 11.8 Å². The number of benzene rings is 1. The van der Waals surface area contributed by atoms with Crippen molar-refractivity contribution in [1.29, 1.82) is 0 Å². The Morgan fingerprint density at radius 3 is 2.88 bits per heavy atom. The fourth-order valence-corrected chi connectivity index (χ4v) is 2.97. The van der Waals surface area contributed by atoms with Crippen LogP contribution >= 0.6 is 15.9 Å². The molecule has 2 unspecified atom stereocenters. The van der Waals surface area contributed by atoms with Gasteiger partial charge in [-0.2, -0.15) is 0 Å². The van der Waals surface area contributed by atoms with Crippen LogP contribution in [-0.2, 0) is 6.54 Å². The van der Waals surface area contributed by atoms with Crippen molar-refractivity contribution < 1.29 is 0 Å². The summed E-state index contributed by atoms with van der Waals surface area (Å²) in [7, 11) is 2.21. The molecule has 1 saturated heterocycles. The predicted octanol–water partition coefficient (Wildman–Crippen LogP) is 2.74. The zero-order chi connectivity index (χ0) is 12.3. The number of halogens is 1. The summed E-state index contributed by atoms with van der Waals surface area (Å²) in [6.07, 6.45) is 0. The monoisotopic (exact) mass is 296 g/mol. The van der Waals surface area contributed by atoms with E-state index in [0.29, 0.717) is 0 Å². The SMILES string of the molecule is CC1CNCC1CN(C)Cc1cccc(Br)c1. The summed E-state index contributed by atoms with van der Waals surface area (Å²) in [6, 6.07) is 8.57. The highest BCUT2D eigenvalue weighted by molar-refractivity contribution is 9.10. The molecular weight excluding hydrogens is 276 g/mol. The second-order valence-electron chi connectivity index (χ2n) is 5.22. The van der Waals surface area contributed by atoms with E-state index in [4.69, 9.17) is 0 Å². The molecule has 0 saturated carbocycles. The molecule has 0 aromatic heterocycles. The summed E-state index contributed by atoms with van der Waals surface area (Å²) in [5.74, 6) is 1.60. The molecule has 1 aromatic rings. The average Bonchev–Trinajstić information content (AvgIpc) is 2.64. The van der Waals surface area contributed by atoms with Crippen molar-refractivity contribution in [3.8, 4) is 0 Å². The first kappa shape index (κ1) is 13.1. The lowest BCUT2D eigenvalue weighted by Crippen LogP contribution is -2.28. The van der Waals surface area contributed by atoms with Gasteiger partial charge in [-0.15, -0.1) is 0 Å². The van der Waals surface area contributed by atoms with Gasteiger partial charge in [-0.25, -0.2) is 0 Å². The lowest BCUT2D eigenvalue weighted by molar-refractivity contribution is 0.252. The van der Waals surface area contributed by atoms with Crippen molar-refractivity contribution >= 4 is 15.9 Å². The topological polar surface area (TPSA) is 15.3 Å².